The lowest BCUT2D eigenvalue weighted by molar-refractivity contribution is -0.276. The van der Waals surface area contributed by atoms with Crippen molar-refractivity contribution in [3.8, 4) is 34.1 Å². The van der Waals surface area contributed by atoms with Gasteiger partial charge in [0.05, 0.1) is 4.47 Å². The molecule has 2 fully saturated rings. The third kappa shape index (κ3) is 14.9. The SMILES string of the molecule is C.CCCC1CCC(c2ccc(-c3ccc(OC(F)(F)F)c(F)c3O)c(F)c2F)CC1.CCCC1CCC(c2ccc(B(O)O)c(F)c2F)CC1.Oc1c(Br)ccc(OC(F)(F)F)c1F. The summed E-state index contributed by atoms with van der Waals surface area (Å²) in [6, 6.07) is 8.65. The number of hydrogen-bond acceptors (Lipinski definition) is 6. The summed E-state index contributed by atoms with van der Waals surface area (Å²) in [4.78, 5) is 0. The Morgan fingerprint density at radius 2 is 0.938 bits per heavy atom. The molecule has 4 aromatic carbocycles. The van der Waals surface area contributed by atoms with E-state index in [1.807, 2.05) is 0 Å². The van der Waals surface area contributed by atoms with Gasteiger partial charge < -0.3 is 29.7 Å². The van der Waals surface area contributed by atoms with Crippen LogP contribution >= 0.6 is 15.9 Å². The minimum atomic E-state index is -5.16. The van der Waals surface area contributed by atoms with Crippen LogP contribution in [-0.2, 0) is 0 Å². The molecular formula is C45H50BBrF12O6. The number of halogens is 13. The van der Waals surface area contributed by atoms with E-state index in [1.54, 1.807) is 0 Å². The van der Waals surface area contributed by atoms with Gasteiger partial charge in [0, 0.05) is 16.6 Å². The van der Waals surface area contributed by atoms with Crippen LogP contribution < -0.4 is 14.9 Å². The van der Waals surface area contributed by atoms with Crippen LogP contribution in [0.15, 0.2) is 53.0 Å². The second kappa shape index (κ2) is 23.9. The predicted octanol–water partition coefficient (Wildman–Crippen LogP) is 14.0. The molecule has 0 unspecified atom stereocenters. The van der Waals surface area contributed by atoms with Crippen LogP contribution in [0.1, 0.15) is 121 Å². The summed E-state index contributed by atoms with van der Waals surface area (Å²) < 4.78 is 163. The molecule has 6 rings (SSSR count). The zero-order valence-electron chi connectivity index (χ0n) is 34.5. The second-order valence-electron chi connectivity index (χ2n) is 15.7. The van der Waals surface area contributed by atoms with E-state index in [9.17, 15) is 57.8 Å². The Labute approximate surface area is 377 Å². The molecule has 0 amide bonds. The van der Waals surface area contributed by atoms with Crippen molar-refractivity contribution in [3.05, 3.63) is 99.0 Å². The summed E-state index contributed by atoms with van der Waals surface area (Å²) >= 11 is 2.73. The van der Waals surface area contributed by atoms with Crippen LogP contribution in [0.25, 0.3) is 11.1 Å². The zero-order valence-corrected chi connectivity index (χ0v) is 36.1. The molecule has 6 nitrogen and oxygen atoms in total. The van der Waals surface area contributed by atoms with Crippen molar-refractivity contribution >= 4 is 28.5 Å². The van der Waals surface area contributed by atoms with Gasteiger partial charge in [-0.3, -0.25) is 0 Å². The molecule has 0 aliphatic heterocycles. The normalized spacial score (nSPS) is 18.6. The summed E-state index contributed by atoms with van der Waals surface area (Å²) in [5.74, 6) is -10.9. The lowest BCUT2D eigenvalue weighted by atomic mass is 9.74. The van der Waals surface area contributed by atoms with Crippen molar-refractivity contribution in [2.45, 2.75) is 123 Å². The van der Waals surface area contributed by atoms with Gasteiger partial charge in [0.15, 0.2) is 46.3 Å². The number of ether oxygens (including phenoxy) is 2. The Balaban J connectivity index is 0.000000277. The van der Waals surface area contributed by atoms with Crippen LogP contribution in [0.4, 0.5) is 52.7 Å². The first kappa shape index (κ1) is 55.0. The molecule has 0 aromatic heterocycles. The van der Waals surface area contributed by atoms with Crippen molar-refractivity contribution in [3.63, 3.8) is 0 Å². The first-order valence-electron chi connectivity index (χ1n) is 20.5. The highest BCUT2D eigenvalue weighted by Gasteiger charge is 2.35. The van der Waals surface area contributed by atoms with Crippen LogP contribution in [0, 0.1) is 46.7 Å². The van der Waals surface area contributed by atoms with E-state index in [0.717, 1.165) is 82.4 Å². The van der Waals surface area contributed by atoms with Gasteiger partial charge in [0.1, 0.15) is 0 Å². The fraction of sp³-hybridized carbons (Fsp3) is 0.467. The third-order valence-corrected chi connectivity index (χ3v) is 12.0. The van der Waals surface area contributed by atoms with Crippen LogP contribution in [0.5, 0.6) is 23.0 Å². The van der Waals surface area contributed by atoms with Gasteiger partial charge in [-0.05, 0) is 126 Å². The molecule has 0 saturated heterocycles. The van der Waals surface area contributed by atoms with Crippen LogP contribution in [0.2, 0.25) is 0 Å². The minimum absolute atomic E-state index is 0. The number of hydrogen-bond donors (Lipinski definition) is 4. The number of phenolic OH excluding ortho intramolecular Hbond substituents is 2. The molecule has 20 heteroatoms. The lowest BCUT2D eigenvalue weighted by Crippen LogP contribution is -2.34. The van der Waals surface area contributed by atoms with Crippen molar-refractivity contribution in [2.24, 2.45) is 11.8 Å². The highest BCUT2D eigenvalue weighted by Crippen LogP contribution is 2.44. The smallest absolute Gasteiger partial charge is 0.504 e. The van der Waals surface area contributed by atoms with Crippen molar-refractivity contribution in [1.29, 1.82) is 0 Å². The molecule has 4 aromatic rings. The van der Waals surface area contributed by atoms with Gasteiger partial charge in [-0.25, -0.2) is 17.6 Å². The minimum Gasteiger partial charge on any atom is -0.504 e. The number of benzene rings is 4. The topological polar surface area (TPSA) is 99.4 Å². The zero-order chi connectivity index (χ0) is 47.7. The molecule has 0 spiro atoms. The Morgan fingerprint density at radius 3 is 1.37 bits per heavy atom. The molecule has 65 heavy (non-hydrogen) atoms. The van der Waals surface area contributed by atoms with Gasteiger partial charge in [0.2, 0.25) is 11.6 Å². The van der Waals surface area contributed by atoms with Crippen molar-refractivity contribution < 1.29 is 82.4 Å². The van der Waals surface area contributed by atoms with E-state index < -0.39 is 94.3 Å². The maximum Gasteiger partial charge on any atom is 0.573 e. The average Bonchev–Trinajstić information content (AvgIpc) is 3.23. The molecule has 0 bridgehead atoms. The average molecular weight is 1010 g/mol. The number of phenols is 2. The third-order valence-electron chi connectivity index (χ3n) is 11.4. The molecule has 0 radical (unpaired) electrons. The number of aromatic hydroxyl groups is 2. The van der Waals surface area contributed by atoms with E-state index in [-0.39, 0.29) is 29.3 Å². The van der Waals surface area contributed by atoms with E-state index >= 15 is 0 Å². The second-order valence-corrected chi connectivity index (χ2v) is 16.5. The fourth-order valence-corrected chi connectivity index (χ4v) is 8.52. The van der Waals surface area contributed by atoms with Gasteiger partial charge >= 0.3 is 19.8 Å². The monoisotopic (exact) mass is 1000 g/mol. The Hall–Kier alpha value is -4.30. The summed E-state index contributed by atoms with van der Waals surface area (Å²) in [7, 11) is -1.97. The highest BCUT2D eigenvalue weighted by atomic mass is 79.9. The highest BCUT2D eigenvalue weighted by molar-refractivity contribution is 9.10. The Kier molecular flexibility index (Phi) is 20.3. The van der Waals surface area contributed by atoms with Gasteiger partial charge in [0.25, 0.3) is 0 Å². The standard InChI is InChI=1S/C22H22F6O2.C15H21BF2O2.C7H3BrF4O2.CH4/c1-2-3-12-4-6-13(7-5-12)14-8-9-15(19(24)18(14)23)16-10-11-17(20(25)21(16)29)30-22(26,27)28;1-2-3-10-4-6-11(7-5-10)12-8-9-13(16(19)20)15(18)14(12)17;8-3-1-2-4(5(9)6(3)13)14-7(10,11)12;/h8-13,29H,2-7H2,1H3;8-11,19-20H,2-7H2,1H3;1-2,13H;1H4. The first-order valence-corrected chi connectivity index (χ1v) is 21.3. The summed E-state index contributed by atoms with van der Waals surface area (Å²) in [6.07, 6.45) is 1.65. The maximum absolute atomic E-state index is 14.8. The molecule has 2 saturated carbocycles. The van der Waals surface area contributed by atoms with E-state index in [0.29, 0.717) is 23.5 Å². The Morgan fingerprint density at radius 1 is 0.538 bits per heavy atom. The van der Waals surface area contributed by atoms with Crippen LogP contribution in [0.3, 0.4) is 0 Å². The van der Waals surface area contributed by atoms with Crippen molar-refractivity contribution in [1.82, 2.24) is 0 Å². The molecule has 2 aliphatic carbocycles. The first-order chi connectivity index (χ1) is 30.0. The maximum atomic E-state index is 14.8. The molecule has 360 valence electrons. The fourth-order valence-electron chi connectivity index (χ4n) is 8.22. The Bertz CT molecular complexity index is 2170. The van der Waals surface area contributed by atoms with Crippen molar-refractivity contribution in [2.75, 3.05) is 0 Å². The molecule has 0 atom stereocenters. The van der Waals surface area contributed by atoms with E-state index in [4.69, 9.17) is 15.2 Å². The molecule has 0 heterocycles. The summed E-state index contributed by atoms with van der Waals surface area (Å²) in [6.45, 7) is 4.28. The van der Waals surface area contributed by atoms with Gasteiger partial charge in [-0.1, -0.05) is 71.2 Å². The summed E-state index contributed by atoms with van der Waals surface area (Å²) in [5, 5.41) is 36.8. The quantitative estimate of drug-likeness (QED) is 0.0933. The van der Waals surface area contributed by atoms with Gasteiger partial charge in [-0.2, -0.15) is 8.78 Å². The lowest BCUT2D eigenvalue weighted by Gasteiger charge is -2.29. The van der Waals surface area contributed by atoms with Crippen LogP contribution in [-0.4, -0.2) is 40.1 Å². The largest absolute Gasteiger partial charge is 0.573 e. The molecular weight excluding hydrogens is 955 g/mol. The predicted molar refractivity (Wildman–Crippen MR) is 225 cm³/mol. The van der Waals surface area contributed by atoms with E-state index in [1.165, 1.54) is 37.1 Å². The van der Waals surface area contributed by atoms with Gasteiger partial charge in [-0.15, -0.1) is 26.3 Å². The summed E-state index contributed by atoms with van der Waals surface area (Å²) in [5.41, 5.74) is -0.696. The van der Waals surface area contributed by atoms with E-state index in [2.05, 4.69) is 39.3 Å². The number of rotatable bonds is 10. The molecule has 2 aliphatic rings. The number of alkyl halides is 6. The molecule has 4 N–H and O–H groups in total.